The maximum Gasteiger partial charge on any atom is 0.0429 e. The molecule has 0 N–H and O–H groups in total. The Hall–Kier alpha value is -5.98. The number of rotatable bonds is 6. The molecular weight excluding hydrogens is 865 g/mol. The molecule has 0 radical (unpaired) electrons. The van der Waals surface area contributed by atoms with Crippen LogP contribution in [0.3, 0.4) is 0 Å². The molecule has 0 amide bonds. The van der Waals surface area contributed by atoms with Crippen LogP contribution in [0.4, 0.5) is 0 Å². The lowest BCUT2D eigenvalue weighted by Crippen LogP contribution is -2.26. The van der Waals surface area contributed by atoms with Gasteiger partial charge in [-0.2, -0.15) is 0 Å². The Labute approximate surface area is 440 Å². The molecular formula is C72H92. The first-order valence-electron chi connectivity index (χ1n) is 27.8. The van der Waals surface area contributed by atoms with Crippen LogP contribution >= 0.6 is 0 Å². The zero-order chi connectivity index (χ0) is 52.9. The van der Waals surface area contributed by atoms with Crippen LogP contribution in [-0.4, -0.2) is 0 Å². The van der Waals surface area contributed by atoms with Crippen LogP contribution in [0.2, 0.25) is 0 Å². The Morgan fingerprint density at radius 2 is 1.07 bits per heavy atom. The fourth-order valence-corrected chi connectivity index (χ4v) is 10.6. The zero-order valence-electron chi connectivity index (χ0n) is 47.7. The molecule has 0 saturated carbocycles. The van der Waals surface area contributed by atoms with E-state index in [0.29, 0.717) is 5.41 Å². The molecule has 10 rings (SSSR count). The van der Waals surface area contributed by atoms with E-state index in [-0.39, 0.29) is 10.8 Å². The van der Waals surface area contributed by atoms with Crippen molar-refractivity contribution in [2.45, 2.75) is 160 Å². The van der Waals surface area contributed by atoms with Gasteiger partial charge in [0.05, 0.1) is 0 Å². The topological polar surface area (TPSA) is 0 Å². The van der Waals surface area contributed by atoms with Crippen LogP contribution in [0.25, 0.3) is 27.8 Å². The van der Waals surface area contributed by atoms with Gasteiger partial charge >= 0.3 is 0 Å². The maximum atomic E-state index is 2.42. The summed E-state index contributed by atoms with van der Waals surface area (Å²) >= 11 is 0. The van der Waals surface area contributed by atoms with E-state index in [0.717, 1.165) is 25.2 Å². The first kappa shape index (κ1) is 58.6. The van der Waals surface area contributed by atoms with Crippen LogP contribution in [0.15, 0.2) is 199 Å². The monoisotopic (exact) mass is 957 g/mol. The van der Waals surface area contributed by atoms with Crippen molar-refractivity contribution in [2.75, 3.05) is 0 Å². The Kier molecular flexibility index (Phi) is 23.0. The molecule has 4 aliphatic rings. The van der Waals surface area contributed by atoms with Crippen molar-refractivity contribution in [2.24, 2.45) is 11.3 Å². The Morgan fingerprint density at radius 3 is 1.60 bits per heavy atom. The van der Waals surface area contributed by atoms with E-state index in [2.05, 4.69) is 243 Å². The molecule has 0 spiro atoms. The van der Waals surface area contributed by atoms with E-state index in [1.807, 2.05) is 55.4 Å². The molecule has 0 saturated heterocycles. The van der Waals surface area contributed by atoms with E-state index in [9.17, 15) is 0 Å². The lowest BCUT2D eigenvalue weighted by atomic mass is 9.67. The van der Waals surface area contributed by atoms with Gasteiger partial charge in [0.2, 0.25) is 0 Å². The van der Waals surface area contributed by atoms with Gasteiger partial charge < -0.3 is 0 Å². The number of allylic oxidation sites excluding steroid dienone is 10. The summed E-state index contributed by atoms with van der Waals surface area (Å²) < 4.78 is 0. The van der Waals surface area contributed by atoms with Crippen molar-refractivity contribution in [1.82, 2.24) is 0 Å². The third-order valence-electron chi connectivity index (χ3n) is 14.4. The van der Waals surface area contributed by atoms with Gasteiger partial charge in [0.1, 0.15) is 0 Å². The molecule has 0 nitrogen and oxygen atoms in total. The molecule has 1 unspecified atom stereocenters. The predicted molar refractivity (Wildman–Crippen MR) is 323 cm³/mol. The van der Waals surface area contributed by atoms with Crippen molar-refractivity contribution >= 4 is 16.7 Å². The third-order valence-corrected chi connectivity index (χ3v) is 14.4. The van der Waals surface area contributed by atoms with E-state index in [4.69, 9.17) is 0 Å². The lowest BCUT2D eigenvalue weighted by Gasteiger charge is -2.35. The summed E-state index contributed by atoms with van der Waals surface area (Å²) in [6.45, 7) is 34.6. The number of benzene rings is 6. The second-order valence-electron chi connectivity index (χ2n) is 20.1. The van der Waals surface area contributed by atoms with E-state index >= 15 is 0 Å². The van der Waals surface area contributed by atoms with E-state index in [1.165, 1.54) is 80.5 Å². The minimum atomic E-state index is -0.295. The average Bonchev–Trinajstić information content (AvgIpc) is 3.65. The normalized spacial score (nSPS) is 16.5. The highest BCUT2D eigenvalue weighted by atomic mass is 14.4. The minimum absolute atomic E-state index is 0.275. The minimum Gasteiger partial charge on any atom is -0.0807 e. The molecule has 0 fully saturated rings. The van der Waals surface area contributed by atoms with Gasteiger partial charge in [0.25, 0.3) is 0 Å². The predicted octanol–water partition coefficient (Wildman–Crippen LogP) is 21.9. The largest absolute Gasteiger partial charge is 0.0807 e. The van der Waals surface area contributed by atoms with Crippen LogP contribution in [0.5, 0.6) is 0 Å². The van der Waals surface area contributed by atoms with Crippen LogP contribution in [0.1, 0.15) is 187 Å². The Morgan fingerprint density at radius 1 is 0.542 bits per heavy atom. The average molecular weight is 958 g/mol. The number of fused-ring (bicyclic) bond motifs is 2. The molecule has 0 heteroatoms. The maximum absolute atomic E-state index is 2.42. The summed E-state index contributed by atoms with van der Waals surface area (Å²) in [6.07, 6.45) is 19.0. The summed E-state index contributed by atoms with van der Waals surface area (Å²) in [7, 11) is 0. The summed E-state index contributed by atoms with van der Waals surface area (Å²) in [6, 6.07) is 57.2. The van der Waals surface area contributed by atoms with Gasteiger partial charge in [0, 0.05) is 10.8 Å². The summed E-state index contributed by atoms with van der Waals surface area (Å²) in [5.74, 6) is 0.858. The highest BCUT2D eigenvalue weighted by Gasteiger charge is 2.39. The molecule has 6 aromatic carbocycles. The van der Waals surface area contributed by atoms with E-state index < -0.39 is 0 Å². The van der Waals surface area contributed by atoms with Crippen molar-refractivity contribution < 1.29 is 0 Å². The molecule has 0 aliphatic heterocycles. The molecule has 380 valence electrons. The van der Waals surface area contributed by atoms with Gasteiger partial charge in [0.15, 0.2) is 0 Å². The molecule has 0 aromatic heterocycles. The first-order chi connectivity index (χ1) is 34.9. The molecule has 4 aliphatic carbocycles. The zero-order valence-corrected chi connectivity index (χ0v) is 47.7. The standard InChI is InChI=1S/C33H30.C17H22.C14H16.4C2H6/c1-25-15-12-13-22-29(25)30-23-14-24-31(32(30)26-16-6-3-7-17-26)33(2,27-18-8-4-9-19-27)28-20-10-5-11-21-28;1-11-6-8-15-14(9-11)13-7-5-12(2)10-16(13)17(15,3)4;1-14(2)10-8-13(9-11-14)12-6-4-3-5-7-12;4*1-2/h3-11,14-24H,12-13H2,1-2H3;5,7,10-11H,6,8-9H2,1-4H3;3-10H,11H2,1-2H3;4*1-2H3. The second-order valence-corrected chi connectivity index (χ2v) is 20.1. The highest BCUT2D eigenvalue weighted by molar-refractivity contribution is 5.91. The number of aryl methyl sites for hydroxylation is 1. The molecule has 6 aromatic rings. The van der Waals surface area contributed by atoms with Crippen LogP contribution < -0.4 is 0 Å². The summed E-state index contributed by atoms with van der Waals surface area (Å²) in [5.41, 5.74) is 21.5. The second kappa shape index (κ2) is 28.3. The van der Waals surface area contributed by atoms with Crippen molar-refractivity contribution in [3.8, 4) is 11.1 Å². The lowest BCUT2D eigenvalue weighted by molar-refractivity contribution is 0.485. The fourth-order valence-electron chi connectivity index (χ4n) is 10.6. The Bertz CT molecular complexity index is 2670. The molecule has 0 bridgehead atoms. The number of hydrogen-bond donors (Lipinski definition) is 0. The van der Waals surface area contributed by atoms with Crippen molar-refractivity contribution in [1.29, 1.82) is 0 Å². The molecule has 1 atom stereocenters. The Balaban J connectivity index is 0.000000241. The van der Waals surface area contributed by atoms with Crippen LogP contribution in [0, 0.1) is 18.3 Å². The summed E-state index contributed by atoms with van der Waals surface area (Å²) in [5, 5.41) is 0. The third kappa shape index (κ3) is 13.9. The van der Waals surface area contributed by atoms with Gasteiger partial charge in [-0.15, -0.1) is 0 Å². The van der Waals surface area contributed by atoms with Gasteiger partial charge in [-0.1, -0.05) is 289 Å². The molecule has 72 heavy (non-hydrogen) atoms. The van der Waals surface area contributed by atoms with Gasteiger partial charge in [-0.3, -0.25) is 0 Å². The first-order valence-corrected chi connectivity index (χ1v) is 27.8. The van der Waals surface area contributed by atoms with Gasteiger partial charge in [-0.05, 0) is 143 Å². The van der Waals surface area contributed by atoms with Gasteiger partial charge in [-0.25, -0.2) is 0 Å². The van der Waals surface area contributed by atoms with Crippen molar-refractivity contribution in [3.05, 3.63) is 244 Å². The molecule has 0 heterocycles. The smallest absolute Gasteiger partial charge is 0.0429 e. The highest BCUT2D eigenvalue weighted by Crippen LogP contribution is 2.53. The summed E-state index contributed by atoms with van der Waals surface area (Å²) in [4.78, 5) is 0. The quantitative estimate of drug-likeness (QED) is 0.146. The van der Waals surface area contributed by atoms with E-state index in [1.54, 1.807) is 22.3 Å². The number of hydrogen-bond acceptors (Lipinski definition) is 0. The van der Waals surface area contributed by atoms with Crippen molar-refractivity contribution in [3.63, 3.8) is 0 Å². The van der Waals surface area contributed by atoms with Crippen LogP contribution in [-0.2, 0) is 10.8 Å². The fraction of sp³-hybridized carbons (Fsp3) is 0.361. The SMILES string of the molecule is CC.CC.CC.CC.CC1(C)C=CC(c2ccccc2)=CC1.CC1=CCCC=C1c1cccc(C(C)(c2ccccc2)c2ccccc2)c1-c1ccccc1.Cc1ccc2c(c1)C(C)(C)C1=C2CC(C)CC1.